The Hall–Kier alpha value is -3.85. The van der Waals surface area contributed by atoms with Crippen LogP contribution in [-0.4, -0.2) is 47.6 Å². The second-order valence-corrected chi connectivity index (χ2v) is 10.0. The molecule has 1 aliphatic carbocycles. The van der Waals surface area contributed by atoms with Crippen LogP contribution in [0.5, 0.6) is 0 Å². The molecule has 228 valence electrons. The van der Waals surface area contributed by atoms with Crippen molar-refractivity contribution in [2.75, 3.05) is 13.1 Å². The van der Waals surface area contributed by atoms with Gasteiger partial charge >= 0.3 is 11.9 Å². The quantitative estimate of drug-likeness (QED) is 0.155. The first-order chi connectivity index (χ1) is 20.3. The van der Waals surface area contributed by atoms with Crippen molar-refractivity contribution in [3.05, 3.63) is 96.1 Å². The molecule has 0 aliphatic heterocycles. The molecule has 0 unspecified atom stereocenters. The van der Waals surface area contributed by atoms with Crippen molar-refractivity contribution < 1.29 is 24.6 Å². The lowest BCUT2D eigenvalue weighted by Gasteiger charge is -2.16. The minimum atomic E-state index is -0.933. The largest absolute Gasteiger partial charge is 0.481 e. The summed E-state index contributed by atoms with van der Waals surface area (Å²) >= 11 is 0. The van der Waals surface area contributed by atoms with E-state index in [1.54, 1.807) is 0 Å². The van der Waals surface area contributed by atoms with Crippen LogP contribution in [0.4, 0.5) is 0 Å². The molecular weight excluding hydrogens is 530 g/mol. The Kier molecular flexibility index (Phi) is 19.6. The Morgan fingerprint density at radius 1 is 0.762 bits per heavy atom. The van der Waals surface area contributed by atoms with Crippen LogP contribution >= 0.6 is 0 Å². The van der Waals surface area contributed by atoms with Crippen molar-refractivity contribution in [1.29, 1.82) is 0 Å². The predicted octanol–water partition coefficient (Wildman–Crippen LogP) is 5.53. The highest BCUT2D eigenvalue weighted by molar-refractivity contribution is 5.77. The molecule has 0 aromatic heterocycles. The molecular formula is C34H47N3O5. The van der Waals surface area contributed by atoms with Crippen molar-refractivity contribution in [2.24, 2.45) is 23.1 Å². The van der Waals surface area contributed by atoms with E-state index in [1.165, 1.54) is 17.5 Å². The summed E-state index contributed by atoms with van der Waals surface area (Å²) in [5.74, 6) is -1.56. The van der Waals surface area contributed by atoms with E-state index in [2.05, 4.69) is 24.3 Å². The number of aliphatic carboxylic acids is 2. The van der Waals surface area contributed by atoms with Gasteiger partial charge in [0.2, 0.25) is 0 Å². The average molecular weight is 578 g/mol. The molecule has 0 saturated heterocycles. The first-order valence-corrected chi connectivity index (χ1v) is 14.6. The number of hydrogen-bond donors (Lipinski definition) is 5. The second-order valence-electron chi connectivity index (χ2n) is 10.0. The lowest BCUT2D eigenvalue weighted by Crippen LogP contribution is -2.29. The zero-order valence-corrected chi connectivity index (χ0v) is 24.4. The number of carbonyl (C=O) groups is 3. The Balaban J connectivity index is 0.000000286. The maximum Gasteiger partial charge on any atom is 0.320 e. The van der Waals surface area contributed by atoms with Gasteiger partial charge in [0.25, 0.3) is 0 Å². The highest BCUT2D eigenvalue weighted by Gasteiger charge is 2.19. The number of unbranched alkanes of at least 4 members (excludes halogenated alkanes) is 1. The van der Waals surface area contributed by atoms with Crippen LogP contribution in [0.1, 0.15) is 67.3 Å². The van der Waals surface area contributed by atoms with E-state index in [-0.39, 0.29) is 5.92 Å². The summed E-state index contributed by atoms with van der Waals surface area (Å²) in [6.07, 6.45) is 9.25. The van der Waals surface area contributed by atoms with Crippen LogP contribution in [0.2, 0.25) is 0 Å². The molecule has 0 radical (unpaired) electrons. The summed E-state index contributed by atoms with van der Waals surface area (Å²) in [6, 6.07) is 27.2. The fourth-order valence-electron chi connectivity index (χ4n) is 4.18. The molecule has 1 atom stereocenters. The van der Waals surface area contributed by atoms with Crippen molar-refractivity contribution in [3.8, 4) is 11.1 Å². The number of benzene rings is 3. The lowest BCUT2D eigenvalue weighted by molar-refractivity contribution is -0.142. The van der Waals surface area contributed by atoms with Crippen LogP contribution in [0.15, 0.2) is 84.9 Å². The predicted molar refractivity (Wildman–Crippen MR) is 169 cm³/mol. The third kappa shape index (κ3) is 16.4. The fourth-order valence-corrected chi connectivity index (χ4v) is 4.18. The van der Waals surface area contributed by atoms with Crippen LogP contribution in [0.25, 0.3) is 11.1 Å². The number of aldehydes is 1. The lowest BCUT2D eigenvalue weighted by atomic mass is 9.90. The average Bonchev–Trinajstić information content (AvgIpc) is 3.03. The zero-order valence-electron chi connectivity index (χ0n) is 24.4. The van der Waals surface area contributed by atoms with Crippen molar-refractivity contribution >= 4 is 18.2 Å². The molecule has 3 aromatic carbocycles. The van der Waals surface area contributed by atoms with Gasteiger partial charge in [-0.15, -0.1) is 0 Å². The highest BCUT2D eigenvalue weighted by atomic mass is 16.4. The van der Waals surface area contributed by atoms with Gasteiger partial charge in [0.15, 0.2) is 0 Å². The summed E-state index contributed by atoms with van der Waals surface area (Å²) in [7, 11) is 0. The maximum atomic E-state index is 10.5. The van der Waals surface area contributed by atoms with Gasteiger partial charge in [-0.1, -0.05) is 111 Å². The number of carboxylic acids is 2. The highest BCUT2D eigenvalue weighted by Crippen LogP contribution is 2.23. The summed E-state index contributed by atoms with van der Waals surface area (Å²) in [5, 5.41) is 16.9. The Labute approximate surface area is 249 Å². The van der Waals surface area contributed by atoms with Gasteiger partial charge in [-0.2, -0.15) is 0 Å². The number of carbonyl (C=O) groups excluding carboxylic acids is 1. The molecule has 0 heterocycles. The minimum absolute atomic E-state index is 0.0289. The van der Waals surface area contributed by atoms with Crippen molar-refractivity contribution in [2.45, 2.75) is 63.8 Å². The zero-order chi connectivity index (χ0) is 31.0. The van der Waals surface area contributed by atoms with E-state index in [4.69, 9.17) is 27.4 Å². The van der Waals surface area contributed by atoms with E-state index in [0.29, 0.717) is 18.5 Å². The van der Waals surface area contributed by atoms with Crippen molar-refractivity contribution in [3.63, 3.8) is 0 Å². The van der Waals surface area contributed by atoms with E-state index >= 15 is 0 Å². The van der Waals surface area contributed by atoms with E-state index in [9.17, 15) is 14.4 Å². The maximum absolute atomic E-state index is 10.5. The molecule has 8 nitrogen and oxygen atoms in total. The Morgan fingerprint density at radius 3 is 1.76 bits per heavy atom. The summed E-state index contributed by atoms with van der Waals surface area (Å²) in [5.41, 5.74) is 20.1. The number of hydrogen-bond acceptors (Lipinski definition) is 6. The van der Waals surface area contributed by atoms with Crippen LogP contribution in [-0.2, 0) is 16.0 Å². The first kappa shape index (κ1) is 36.2. The fraction of sp³-hybridized carbons (Fsp3) is 0.382. The molecule has 3 aromatic rings. The van der Waals surface area contributed by atoms with Crippen LogP contribution in [0, 0.1) is 5.92 Å². The monoisotopic (exact) mass is 577 g/mol. The molecule has 1 saturated carbocycles. The third-order valence-electron chi connectivity index (χ3n) is 6.67. The number of rotatable bonds is 10. The third-order valence-corrected chi connectivity index (χ3v) is 6.67. The van der Waals surface area contributed by atoms with Gasteiger partial charge in [-0.05, 0) is 61.9 Å². The molecule has 1 aliphatic rings. The summed E-state index contributed by atoms with van der Waals surface area (Å²) in [6.45, 7) is 1.34. The van der Waals surface area contributed by atoms with Gasteiger partial charge in [0.05, 0.1) is 5.92 Å². The summed E-state index contributed by atoms with van der Waals surface area (Å²) < 4.78 is 0. The normalized spacial score (nSPS) is 13.0. The smallest absolute Gasteiger partial charge is 0.320 e. The molecule has 8 N–H and O–H groups in total. The van der Waals surface area contributed by atoms with Gasteiger partial charge in [-0.25, -0.2) is 0 Å². The van der Waals surface area contributed by atoms with Gasteiger partial charge in [0, 0.05) is 5.56 Å². The Morgan fingerprint density at radius 2 is 1.31 bits per heavy atom. The van der Waals surface area contributed by atoms with Crippen molar-refractivity contribution in [1.82, 2.24) is 0 Å². The molecule has 0 amide bonds. The van der Waals surface area contributed by atoms with Gasteiger partial charge < -0.3 is 27.4 Å². The van der Waals surface area contributed by atoms with Crippen LogP contribution in [0.3, 0.4) is 0 Å². The van der Waals surface area contributed by atoms with E-state index in [1.807, 2.05) is 60.7 Å². The van der Waals surface area contributed by atoms with Gasteiger partial charge in [-0.3, -0.25) is 14.4 Å². The summed E-state index contributed by atoms with van der Waals surface area (Å²) in [4.78, 5) is 30.9. The Bertz CT molecular complexity index is 1120. The van der Waals surface area contributed by atoms with E-state index < -0.39 is 18.0 Å². The van der Waals surface area contributed by atoms with Crippen LogP contribution < -0.4 is 17.2 Å². The standard InChI is InChI=1S/C13H10O.C8H11N.C7H12O2.C6H14N2O2/c14-10-11-6-8-13(9-7-11)12-4-2-1-3-5-12;9-7-6-8-4-2-1-3-5-8;8-7(9)6-4-2-1-3-5-6;7-4-2-1-3-5(8)6(9)10/h1-10H;1-5H,6-7,9H2;6H,1-5H2,(H,8,9);5H,1-4,7-8H2,(H,9,10)/t;;;5-/m...0/s1. The molecule has 4 rings (SSSR count). The first-order valence-electron chi connectivity index (χ1n) is 14.6. The van der Waals surface area contributed by atoms with Gasteiger partial charge in [0.1, 0.15) is 12.3 Å². The molecule has 8 heteroatoms. The number of carboxylic acid groups (broad SMARTS) is 2. The topological polar surface area (TPSA) is 170 Å². The second kappa shape index (κ2) is 22.8. The molecule has 42 heavy (non-hydrogen) atoms. The number of nitrogens with two attached hydrogens (primary N) is 3. The molecule has 0 bridgehead atoms. The van der Waals surface area contributed by atoms with E-state index in [0.717, 1.165) is 63.3 Å². The molecule has 0 spiro atoms. The SMILES string of the molecule is NCCCC[C@H](N)C(=O)O.NCCc1ccccc1.O=C(O)C1CCCCC1.O=Cc1ccc(-c2ccccc2)cc1. The molecule has 1 fully saturated rings. The minimum Gasteiger partial charge on any atom is -0.481 e.